The molecule has 1 saturated heterocycles. The number of nitrogens with zero attached hydrogens (tertiary/aromatic N) is 3. The molecule has 3 aromatic rings. The molecule has 0 N–H and O–H groups in total. The van der Waals surface area contributed by atoms with Crippen LogP contribution in [-0.2, 0) is 38.0 Å². The average Bonchev–Trinajstić information content (AvgIpc) is 3.12. The first-order valence-electron chi connectivity index (χ1n) is 16.4. The quantitative estimate of drug-likeness (QED) is 0.117. The van der Waals surface area contributed by atoms with Gasteiger partial charge < -0.3 is 19.3 Å². The molecule has 4 rings (SSSR count). The monoisotopic (exact) mass is 753 g/mol. The summed E-state index contributed by atoms with van der Waals surface area (Å²) in [5.41, 5.74) is -3.63. The van der Waals surface area contributed by atoms with Crippen LogP contribution in [0.1, 0.15) is 78.1 Å². The van der Waals surface area contributed by atoms with Crippen LogP contribution in [0.4, 0.5) is 40.3 Å². The van der Waals surface area contributed by atoms with Gasteiger partial charge in [0.1, 0.15) is 12.4 Å². The van der Waals surface area contributed by atoms with Crippen LogP contribution in [0.3, 0.4) is 0 Å². The number of carbonyl (C=O) groups excluding carboxylic acids is 4. The highest BCUT2D eigenvalue weighted by molar-refractivity contribution is 5.82. The number of likely N-dealkylation sites (tertiary alicyclic amines) is 1. The number of rotatable bonds is 10. The lowest BCUT2D eigenvalue weighted by atomic mass is 9.76. The van der Waals surface area contributed by atoms with E-state index in [-0.39, 0.29) is 51.3 Å². The Morgan fingerprint density at radius 3 is 2.15 bits per heavy atom. The van der Waals surface area contributed by atoms with Gasteiger partial charge in [-0.25, -0.2) is 18.9 Å². The number of methoxy groups -OCH3 is 1. The molecule has 1 aliphatic rings. The number of halogens is 7. The molecule has 0 radical (unpaired) electrons. The largest absolute Gasteiger partial charge is 0.469 e. The van der Waals surface area contributed by atoms with E-state index in [0.717, 1.165) is 23.0 Å². The van der Waals surface area contributed by atoms with Crippen LogP contribution in [0, 0.1) is 12.7 Å². The van der Waals surface area contributed by atoms with Gasteiger partial charge in [-0.1, -0.05) is 36.4 Å². The third kappa shape index (κ3) is 9.45. The van der Waals surface area contributed by atoms with Crippen LogP contribution in [0.15, 0.2) is 66.7 Å². The van der Waals surface area contributed by atoms with Gasteiger partial charge in [-0.3, -0.25) is 9.59 Å². The average molecular weight is 754 g/mol. The minimum absolute atomic E-state index is 0.00637. The molecular formula is C37H38F7N3O6. The van der Waals surface area contributed by atoms with Gasteiger partial charge in [-0.05, 0) is 85.7 Å². The zero-order chi connectivity index (χ0) is 39.3. The maximum absolute atomic E-state index is 14.3. The van der Waals surface area contributed by atoms with Gasteiger partial charge in [0.15, 0.2) is 0 Å². The number of imide groups is 1. The predicted octanol–water partition coefficient (Wildman–Crippen LogP) is 8.61. The van der Waals surface area contributed by atoms with Crippen molar-refractivity contribution in [3.8, 4) is 0 Å². The van der Waals surface area contributed by atoms with Crippen LogP contribution < -0.4 is 0 Å². The Hall–Kier alpha value is -5.15. The minimum Gasteiger partial charge on any atom is -0.469 e. The van der Waals surface area contributed by atoms with Crippen LogP contribution in [0.25, 0.3) is 0 Å². The van der Waals surface area contributed by atoms with E-state index < -0.39 is 70.6 Å². The molecule has 16 heteroatoms. The van der Waals surface area contributed by atoms with E-state index in [2.05, 4.69) is 0 Å². The first kappa shape index (κ1) is 40.6. The second-order valence-corrected chi connectivity index (χ2v) is 12.9. The molecule has 53 heavy (non-hydrogen) atoms. The first-order valence-corrected chi connectivity index (χ1v) is 16.4. The van der Waals surface area contributed by atoms with Crippen molar-refractivity contribution in [1.82, 2.24) is 14.7 Å². The van der Waals surface area contributed by atoms with Crippen LogP contribution in [-0.4, -0.2) is 65.4 Å². The fourth-order valence-electron chi connectivity index (χ4n) is 6.53. The summed E-state index contributed by atoms with van der Waals surface area (Å²) in [6.45, 7) is 2.42. The SMILES string of the molecule is COC(=O)CC[C@]1(N(C=O)C(=O)OCc2ccccc2)CCN(C(=O)N(C)[C@H](C)c2cc(C(F)(F)F)cc(C(F)(F)F)c2)[C@@H](c2ccc(F)cc2C)C1. The lowest BCUT2D eigenvalue weighted by Gasteiger charge is -2.50. The van der Waals surface area contributed by atoms with E-state index in [1.54, 1.807) is 37.3 Å². The van der Waals surface area contributed by atoms with E-state index in [1.165, 1.54) is 31.0 Å². The van der Waals surface area contributed by atoms with Crippen molar-refractivity contribution in [2.45, 2.75) is 76.1 Å². The van der Waals surface area contributed by atoms with Crippen molar-refractivity contribution < 1.29 is 59.4 Å². The number of ether oxygens (including phenoxy) is 2. The third-order valence-corrected chi connectivity index (χ3v) is 9.62. The summed E-state index contributed by atoms with van der Waals surface area (Å²) in [5, 5.41) is 0. The highest BCUT2D eigenvalue weighted by atomic mass is 19.4. The normalized spacial score (nSPS) is 18.2. The fraction of sp³-hybridized carbons (Fsp3) is 0.405. The van der Waals surface area contributed by atoms with Gasteiger partial charge in [0.2, 0.25) is 6.41 Å². The molecule has 3 aromatic carbocycles. The van der Waals surface area contributed by atoms with Crippen LogP contribution in [0.5, 0.6) is 0 Å². The summed E-state index contributed by atoms with van der Waals surface area (Å²) < 4.78 is 107. The Balaban J connectivity index is 1.75. The summed E-state index contributed by atoms with van der Waals surface area (Å²) in [7, 11) is 2.37. The molecule has 0 saturated carbocycles. The van der Waals surface area contributed by atoms with E-state index in [9.17, 15) is 49.9 Å². The van der Waals surface area contributed by atoms with Crippen LogP contribution in [0.2, 0.25) is 0 Å². The molecule has 286 valence electrons. The second-order valence-electron chi connectivity index (χ2n) is 12.9. The molecule has 9 nitrogen and oxygen atoms in total. The van der Waals surface area contributed by atoms with E-state index in [1.807, 2.05) is 0 Å². The Labute approximate surface area is 301 Å². The van der Waals surface area contributed by atoms with Crippen molar-refractivity contribution in [3.05, 3.63) is 106 Å². The number of carbonyl (C=O) groups is 4. The Morgan fingerprint density at radius 2 is 1.60 bits per heavy atom. The lowest BCUT2D eigenvalue weighted by molar-refractivity contribution is -0.144. The minimum atomic E-state index is -5.11. The highest BCUT2D eigenvalue weighted by Gasteiger charge is 2.49. The smallest absolute Gasteiger partial charge is 0.417 e. The van der Waals surface area contributed by atoms with Gasteiger partial charge in [0, 0.05) is 20.0 Å². The molecule has 4 amide bonds. The van der Waals surface area contributed by atoms with E-state index in [4.69, 9.17) is 9.47 Å². The van der Waals surface area contributed by atoms with Gasteiger partial charge in [-0.2, -0.15) is 26.3 Å². The van der Waals surface area contributed by atoms with Gasteiger partial charge >= 0.3 is 30.4 Å². The summed E-state index contributed by atoms with van der Waals surface area (Å²) in [6.07, 6.45) is -11.7. The standard InChI is InChI=1S/C37H38F7N3O6/c1-23-16-29(38)10-11-30(23)31-20-35(13-12-32(49)52-4,47(22-48)34(51)53-21-25-8-6-5-7-9-25)14-15-46(31)33(50)45(3)24(2)26-17-27(36(39,40)41)19-28(18-26)37(42,43)44/h5-11,16-19,22,24,31H,12-15,20-21H2,1-4H3/t24-,31-,35+/m1/s1. The summed E-state index contributed by atoms with van der Waals surface area (Å²) >= 11 is 0. The van der Waals surface area contributed by atoms with E-state index >= 15 is 0 Å². The summed E-state index contributed by atoms with van der Waals surface area (Å²) in [5.74, 6) is -1.26. The van der Waals surface area contributed by atoms with Crippen molar-refractivity contribution in [2.24, 2.45) is 0 Å². The zero-order valence-corrected chi connectivity index (χ0v) is 29.3. The number of alkyl halides is 6. The van der Waals surface area contributed by atoms with Crippen molar-refractivity contribution in [1.29, 1.82) is 0 Å². The predicted molar refractivity (Wildman–Crippen MR) is 176 cm³/mol. The van der Waals surface area contributed by atoms with Gasteiger partial charge in [-0.15, -0.1) is 0 Å². The zero-order valence-electron chi connectivity index (χ0n) is 29.3. The summed E-state index contributed by atoms with van der Waals surface area (Å²) in [6, 6.07) is 10.2. The lowest BCUT2D eigenvalue weighted by Crippen LogP contribution is -2.60. The summed E-state index contributed by atoms with van der Waals surface area (Å²) in [4.78, 5) is 56.0. The third-order valence-electron chi connectivity index (χ3n) is 9.62. The fourth-order valence-corrected chi connectivity index (χ4v) is 6.53. The second kappa shape index (κ2) is 16.3. The van der Waals surface area contributed by atoms with Gasteiger partial charge in [0.05, 0.1) is 35.9 Å². The number of amides is 4. The number of urea groups is 1. The number of esters is 1. The molecule has 1 aliphatic heterocycles. The topological polar surface area (TPSA) is 96.5 Å². The molecule has 0 unspecified atom stereocenters. The van der Waals surface area contributed by atoms with Gasteiger partial charge in [0.25, 0.3) is 0 Å². The number of hydrogen-bond donors (Lipinski definition) is 0. The highest BCUT2D eigenvalue weighted by Crippen LogP contribution is 2.45. The number of hydrogen-bond acceptors (Lipinski definition) is 6. The molecule has 1 heterocycles. The number of benzene rings is 3. The van der Waals surface area contributed by atoms with Crippen LogP contribution >= 0.6 is 0 Å². The Bertz CT molecular complexity index is 1770. The van der Waals surface area contributed by atoms with Crippen molar-refractivity contribution in [2.75, 3.05) is 20.7 Å². The Kier molecular flexibility index (Phi) is 12.5. The molecular weight excluding hydrogens is 715 g/mol. The number of piperidine rings is 1. The van der Waals surface area contributed by atoms with E-state index in [0.29, 0.717) is 28.8 Å². The molecule has 0 aromatic heterocycles. The first-order chi connectivity index (χ1) is 24.8. The molecule has 0 aliphatic carbocycles. The molecule has 1 fully saturated rings. The molecule has 3 atom stereocenters. The van der Waals surface area contributed by atoms with Crippen molar-refractivity contribution in [3.63, 3.8) is 0 Å². The maximum Gasteiger partial charge on any atom is 0.417 e. The number of aryl methyl sites for hydroxylation is 1. The Morgan fingerprint density at radius 1 is 0.981 bits per heavy atom. The maximum atomic E-state index is 14.3. The van der Waals surface area contributed by atoms with Crippen molar-refractivity contribution >= 4 is 24.5 Å². The molecule has 0 spiro atoms. The molecule has 0 bridgehead atoms.